The first-order valence-electron chi connectivity index (χ1n) is 3.18. The summed E-state index contributed by atoms with van der Waals surface area (Å²) in [6, 6.07) is 0. The lowest BCUT2D eigenvalue weighted by Crippen LogP contribution is -2.34. The molecule has 56 valence electrons. The Morgan fingerprint density at radius 1 is 1.80 bits per heavy atom. The molecule has 0 amide bonds. The van der Waals surface area contributed by atoms with Crippen molar-refractivity contribution in [1.82, 2.24) is 5.32 Å². The molecule has 0 aliphatic carbocycles. The molecule has 5 nitrogen and oxygen atoms in total. The van der Waals surface area contributed by atoms with Crippen molar-refractivity contribution in [2.75, 3.05) is 19.6 Å². The van der Waals surface area contributed by atoms with Crippen LogP contribution >= 0.6 is 0 Å². The second-order valence-corrected chi connectivity index (χ2v) is 2.10. The fourth-order valence-electron chi connectivity index (χ4n) is 0.810. The lowest BCUT2D eigenvalue weighted by atomic mass is 10.3. The Hall–Kier alpha value is -1.13. The first-order chi connectivity index (χ1) is 4.79. The van der Waals surface area contributed by atoms with Gasteiger partial charge in [0.2, 0.25) is 0 Å². The topological polar surface area (TPSA) is 67.5 Å². The van der Waals surface area contributed by atoms with E-state index in [1.165, 1.54) is 0 Å². The minimum absolute atomic E-state index is 0.167. The number of nitrogens with one attached hydrogen (secondary N) is 1. The third-order valence-corrected chi connectivity index (χ3v) is 1.25. The first kappa shape index (κ1) is 6.98. The van der Waals surface area contributed by atoms with E-state index in [4.69, 9.17) is 0 Å². The standard InChI is InChI=1S/C5H9N3O2/c9-8(10)4-5-6-2-1-3-7-5/h1-4H2,(H,6,7). The zero-order valence-corrected chi connectivity index (χ0v) is 5.54. The molecule has 0 radical (unpaired) electrons. The number of aliphatic imine (C=N–C) groups is 1. The molecule has 0 spiro atoms. The van der Waals surface area contributed by atoms with Gasteiger partial charge in [-0.1, -0.05) is 0 Å². The van der Waals surface area contributed by atoms with Crippen molar-refractivity contribution in [2.24, 2.45) is 4.99 Å². The van der Waals surface area contributed by atoms with E-state index in [0.717, 1.165) is 19.5 Å². The largest absolute Gasteiger partial charge is 0.368 e. The predicted octanol–water partition coefficient (Wildman–Crippen LogP) is -0.345. The van der Waals surface area contributed by atoms with Crippen molar-refractivity contribution >= 4 is 5.84 Å². The number of nitro groups is 1. The summed E-state index contributed by atoms with van der Waals surface area (Å²) < 4.78 is 0. The monoisotopic (exact) mass is 143 g/mol. The molecule has 0 saturated heterocycles. The van der Waals surface area contributed by atoms with E-state index in [2.05, 4.69) is 10.3 Å². The Balaban J connectivity index is 2.38. The molecule has 1 aliphatic rings. The Kier molecular flexibility index (Phi) is 2.20. The van der Waals surface area contributed by atoms with Gasteiger partial charge in [0.15, 0.2) is 5.84 Å². The Morgan fingerprint density at radius 3 is 3.10 bits per heavy atom. The number of amidine groups is 1. The molecule has 0 unspecified atom stereocenters. The molecule has 0 aromatic carbocycles. The maximum absolute atomic E-state index is 9.95. The molecule has 0 bridgehead atoms. The van der Waals surface area contributed by atoms with Crippen LogP contribution in [-0.2, 0) is 0 Å². The van der Waals surface area contributed by atoms with E-state index in [9.17, 15) is 10.1 Å². The third kappa shape index (κ3) is 2.00. The van der Waals surface area contributed by atoms with Crippen molar-refractivity contribution in [3.05, 3.63) is 10.1 Å². The Bertz CT molecular complexity index is 166. The van der Waals surface area contributed by atoms with Crippen LogP contribution in [0.25, 0.3) is 0 Å². The minimum atomic E-state index is -0.378. The molecule has 1 aliphatic heterocycles. The van der Waals surface area contributed by atoms with E-state index >= 15 is 0 Å². The lowest BCUT2D eigenvalue weighted by Gasteiger charge is -2.10. The maximum atomic E-state index is 9.95. The number of rotatable bonds is 2. The second-order valence-electron chi connectivity index (χ2n) is 2.10. The van der Waals surface area contributed by atoms with Crippen LogP contribution in [0.3, 0.4) is 0 Å². The maximum Gasteiger partial charge on any atom is 0.259 e. The van der Waals surface area contributed by atoms with Crippen LogP contribution in [0, 0.1) is 10.1 Å². The van der Waals surface area contributed by atoms with Crippen molar-refractivity contribution in [3.63, 3.8) is 0 Å². The highest BCUT2D eigenvalue weighted by Crippen LogP contribution is 1.88. The molecule has 0 saturated carbocycles. The third-order valence-electron chi connectivity index (χ3n) is 1.25. The van der Waals surface area contributed by atoms with Crippen LogP contribution in [0.15, 0.2) is 4.99 Å². The van der Waals surface area contributed by atoms with Crippen LogP contribution in [0.5, 0.6) is 0 Å². The van der Waals surface area contributed by atoms with E-state index < -0.39 is 0 Å². The van der Waals surface area contributed by atoms with Gasteiger partial charge in [0, 0.05) is 18.0 Å². The second kappa shape index (κ2) is 3.14. The molecular formula is C5H9N3O2. The van der Waals surface area contributed by atoms with Crippen molar-refractivity contribution in [3.8, 4) is 0 Å². The van der Waals surface area contributed by atoms with E-state index in [1.54, 1.807) is 0 Å². The Labute approximate surface area is 58.3 Å². The number of hydrogen-bond donors (Lipinski definition) is 1. The van der Waals surface area contributed by atoms with Gasteiger partial charge in [0.25, 0.3) is 6.54 Å². The highest BCUT2D eigenvalue weighted by atomic mass is 16.6. The van der Waals surface area contributed by atoms with Crippen molar-refractivity contribution in [1.29, 1.82) is 0 Å². The molecule has 10 heavy (non-hydrogen) atoms. The molecule has 5 heteroatoms. The van der Waals surface area contributed by atoms with Gasteiger partial charge < -0.3 is 5.32 Å². The van der Waals surface area contributed by atoms with E-state index in [1.807, 2.05) is 0 Å². The zero-order valence-electron chi connectivity index (χ0n) is 5.54. The van der Waals surface area contributed by atoms with E-state index in [-0.39, 0.29) is 11.5 Å². The molecular weight excluding hydrogens is 134 g/mol. The van der Waals surface area contributed by atoms with Gasteiger partial charge in [-0.25, -0.2) is 0 Å². The summed E-state index contributed by atoms with van der Waals surface area (Å²) >= 11 is 0. The van der Waals surface area contributed by atoms with Crippen molar-refractivity contribution in [2.45, 2.75) is 6.42 Å². The molecule has 1 N–H and O–H groups in total. The fourth-order valence-corrected chi connectivity index (χ4v) is 0.810. The average Bonchev–Trinajstić information content (AvgIpc) is 1.88. The first-order valence-corrected chi connectivity index (χ1v) is 3.18. The summed E-state index contributed by atoms with van der Waals surface area (Å²) in [5, 5.41) is 12.8. The average molecular weight is 143 g/mol. The lowest BCUT2D eigenvalue weighted by molar-refractivity contribution is -0.463. The van der Waals surface area contributed by atoms with Crippen LogP contribution < -0.4 is 5.32 Å². The Morgan fingerprint density at radius 2 is 2.60 bits per heavy atom. The molecule has 0 aromatic rings. The van der Waals surface area contributed by atoms with Crippen LogP contribution in [0.4, 0.5) is 0 Å². The fraction of sp³-hybridized carbons (Fsp3) is 0.800. The SMILES string of the molecule is O=[N+]([O-])CC1=NCCCN1. The summed E-state index contributed by atoms with van der Waals surface area (Å²) in [5.74, 6) is 0.510. The van der Waals surface area contributed by atoms with Crippen LogP contribution in [-0.4, -0.2) is 30.4 Å². The summed E-state index contributed by atoms with van der Waals surface area (Å²) in [7, 11) is 0. The van der Waals surface area contributed by atoms with Gasteiger partial charge in [0.1, 0.15) is 0 Å². The quantitative estimate of drug-likeness (QED) is 0.424. The smallest absolute Gasteiger partial charge is 0.259 e. The minimum Gasteiger partial charge on any atom is -0.368 e. The normalized spacial score (nSPS) is 17.4. The van der Waals surface area contributed by atoms with Crippen molar-refractivity contribution < 1.29 is 4.92 Å². The molecule has 0 fully saturated rings. The molecule has 1 heterocycles. The van der Waals surface area contributed by atoms with Gasteiger partial charge in [-0.2, -0.15) is 0 Å². The molecule has 0 aromatic heterocycles. The summed E-state index contributed by atoms with van der Waals surface area (Å²) in [4.78, 5) is 13.5. The zero-order chi connectivity index (χ0) is 7.40. The van der Waals surface area contributed by atoms with Gasteiger partial charge in [-0.05, 0) is 6.42 Å². The highest BCUT2D eigenvalue weighted by Gasteiger charge is 2.08. The van der Waals surface area contributed by atoms with Crippen LogP contribution in [0.1, 0.15) is 6.42 Å². The van der Waals surface area contributed by atoms with Crippen LogP contribution in [0.2, 0.25) is 0 Å². The van der Waals surface area contributed by atoms with Gasteiger partial charge in [-0.3, -0.25) is 15.1 Å². The number of hydrogen-bond acceptors (Lipinski definition) is 4. The summed E-state index contributed by atoms with van der Waals surface area (Å²) in [6.07, 6.45) is 0.973. The highest BCUT2D eigenvalue weighted by molar-refractivity contribution is 5.83. The van der Waals surface area contributed by atoms with Gasteiger partial charge in [0.05, 0.1) is 0 Å². The predicted molar refractivity (Wildman–Crippen MR) is 36.8 cm³/mol. The number of nitrogens with zero attached hydrogens (tertiary/aromatic N) is 2. The summed E-state index contributed by atoms with van der Waals surface area (Å²) in [5.41, 5.74) is 0. The van der Waals surface area contributed by atoms with Gasteiger partial charge >= 0.3 is 0 Å². The molecule has 0 atom stereocenters. The summed E-state index contributed by atoms with van der Waals surface area (Å²) in [6.45, 7) is 1.36. The van der Waals surface area contributed by atoms with E-state index in [0.29, 0.717) is 5.84 Å². The molecule has 1 rings (SSSR count). The van der Waals surface area contributed by atoms with Gasteiger partial charge in [-0.15, -0.1) is 0 Å².